The van der Waals surface area contributed by atoms with Crippen LogP contribution in [0.2, 0.25) is 10.0 Å². The second kappa shape index (κ2) is 9.64. The smallest absolute Gasteiger partial charge is 0.204 e. The van der Waals surface area contributed by atoms with Gasteiger partial charge >= 0.3 is 0 Å². The lowest BCUT2D eigenvalue weighted by Gasteiger charge is -2.15. The molecule has 1 heterocycles. The summed E-state index contributed by atoms with van der Waals surface area (Å²) in [5, 5.41) is 11.1. The lowest BCUT2D eigenvalue weighted by molar-refractivity contribution is 0.0989. The van der Waals surface area contributed by atoms with E-state index >= 15 is 0 Å². The molecule has 26 heavy (non-hydrogen) atoms. The molecule has 0 saturated carbocycles. The molecule has 0 fully saturated rings. The van der Waals surface area contributed by atoms with Crippen LogP contribution in [0.3, 0.4) is 0 Å². The molecule has 0 spiro atoms. The van der Waals surface area contributed by atoms with Gasteiger partial charge in [-0.1, -0.05) is 43.0 Å². The highest BCUT2D eigenvalue weighted by molar-refractivity contribution is 6.36. The molecule has 2 aromatic rings. The maximum Gasteiger partial charge on any atom is 0.204 e. The third-order valence-electron chi connectivity index (χ3n) is 3.90. The summed E-state index contributed by atoms with van der Waals surface area (Å²) in [6.07, 6.45) is 5.70. The predicted octanol–water partition coefficient (Wildman–Crippen LogP) is 5.10. The molecule has 1 aromatic heterocycles. The Kier molecular flexibility index (Phi) is 7.54. The van der Waals surface area contributed by atoms with Crippen LogP contribution in [0.1, 0.15) is 42.1 Å². The average Bonchev–Trinajstić information content (AvgIpc) is 2.62. The summed E-state index contributed by atoms with van der Waals surface area (Å²) in [7, 11) is 1.48. The van der Waals surface area contributed by atoms with Crippen LogP contribution in [0, 0.1) is 0 Å². The van der Waals surface area contributed by atoms with Gasteiger partial charge in [0.2, 0.25) is 5.75 Å². The number of ether oxygens (including phenoxy) is 2. The monoisotopic (exact) mass is 397 g/mol. The van der Waals surface area contributed by atoms with Gasteiger partial charge in [0.15, 0.2) is 17.3 Å². The van der Waals surface area contributed by atoms with Crippen LogP contribution < -0.4 is 9.47 Å². The second-order valence-electron chi connectivity index (χ2n) is 5.73. The summed E-state index contributed by atoms with van der Waals surface area (Å²) < 4.78 is 10.9. The molecule has 0 aliphatic rings. The number of nitrogens with zero attached hydrogens (tertiary/aromatic N) is 1. The van der Waals surface area contributed by atoms with E-state index in [-0.39, 0.29) is 29.3 Å². The van der Waals surface area contributed by atoms with Crippen LogP contribution >= 0.6 is 23.2 Å². The molecule has 5 nitrogen and oxygen atoms in total. The molecule has 0 bridgehead atoms. The first-order valence-corrected chi connectivity index (χ1v) is 9.09. The fourth-order valence-corrected chi connectivity index (χ4v) is 2.97. The highest BCUT2D eigenvalue weighted by Crippen LogP contribution is 2.40. The van der Waals surface area contributed by atoms with Crippen molar-refractivity contribution in [3.05, 3.63) is 45.7 Å². The highest BCUT2D eigenvalue weighted by atomic mass is 35.5. The quantitative estimate of drug-likeness (QED) is 0.470. The molecule has 0 radical (unpaired) electrons. The molecule has 0 unspecified atom stereocenters. The van der Waals surface area contributed by atoms with Gasteiger partial charge in [-0.05, 0) is 18.6 Å². The summed E-state index contributed by atoms with van der Waals surface area (Å²) >= 11 is 12.1. The fourth-order valence-electron chi connectivity index (χ4n) is 2.47. The van der Waals surface area contributed by atoms with Crippen molar-refractivity contribution in [3.8, 4) is 17.2 Å². The molecule has 2 rings (SSSR count). The molecule has 0 saturated heterocycles. The number of aromatic hydroxyl groups is 1. The number of methoxy groups -OCH3 is 1. The van der Waals surface area contributed by atoms with Crippen LogP contribution in [0.15, 0.2) is 24.5 Å². The van der Waals surface area contributed by atoms with Gasteiger partial charge in [-0.3, -0.25) is 9.78 Å². The van der Waals surface area contributed by atoms with Crippen molar-refractivity contribution >= 4 is 29.0 Å². The minimum atomic E-state index is -0.335. The van der Waals surface area contributed by atoms with E-state index in [0.717, 1.165) is 19.3 Å². The molecule has 1 aromatic carbocycles. The lowest BCUT2D eigenvalue weighted by Crippen LogP contribution is -2.07. The van der Waals surface area contributed by atoms with Gasteiger partial charge in [-0.15, -0.1) is 0 Å². The summed E-state index contributed by atoms with van der Waals surface area (Å²) in [6.45, 7) is 2.52. The Bertz CT molecular complexity index is 760. The van der Waals surface area contributed by atoms with E-state index in [1.54, 1.807) is 6.07 Å². The highest BCUT2D eigenvalue weighted by Gasteiger charge is 2.21. The average molecular weight is 398 g/mol. The van der Waals surface area contributed by atoms with E-state index in [0.29, 0.717) is 28.0 Å². The number of unbranched alkanes of at least 4 members (excludes halogenated alkanes) is 2. The van der Waals surface area contributed by atoms with Crippen molar-refractivity contribution in [2.24, 2.45) is 0 Å². The van der Waals surface area contributed by atoms with E-state index in [9.17, 15) is 9.90 Å². The Morgan fingerprint density at radius 3 is 2.50 bits per heavy atom. The number of hydrogen-bond acceptors (Lipinski definition) is 5. The summed E-state index contributed by atoms with van der Waals surface area (Å²) in [4.78, 5) is 16.5. The summed E-state index contributed by atoms with van der Waals surface area (Å²) in [5.41, 5.74) is 0.592. The van der Waals surface area contributed by atoms with Crippen LogP contribution in [0.25, 0.3) is 0 Å². The molecule has 0 amide bonds. The number of aromatic nitrogens is 1. The molecule has 0 atom stereocenters. The third kappa shape index (κ3) is 4.80. The Balaban J connectivity index is 2.27. The van der Waals surface area contributed by atoms with Crippen molar-refractivity contribution in [2.75, 3.05) is 13.7 Å². The number of carbonyl (C=O) groups is 1. The first kappa shape index (κ1) is 20.3. The molecular formula is C19H21Cl2NO4. The van der Waals surface area contributed by atoms with Crippen molar-refractivity contribution in [2.45, 2.75) is 32.6 Å². The van der Waals surface area contributed by atoms with Gasteiger partial charge in [-0.25, -0.2) is 0 Å². The molecule has 0 aliphatic carbocycles. The molecule has 7 heteroatoms. The normalized spacial score (nSPS) is 10.6. The molecule has 1 N–H and O–H groups in total. The Morgan fingerprint density at radius 1 is 1.19 bits per heavy atom. The van der Waals surface area contributed by atoms with Crippen molar-refractivity contribution in [1.82, 2.24) is 4.98 Å². The zero-order chi connectivity index (χ0) is 19.1. The van der Waals surface area contributed by atoms with Crippen LogP contribution in [-0.4, -0.2) is 29.6 Å². The standard InChI is InChI=1S/C19H21Cl2NO4/c1-3-4-5-8-26-19-17(25-2)7-6-12(18(19)24)16(23)9-13-14(20)10-22-11-15(13)21/h6-7,10-11,24H,3-5,8-9H2,1-2H3. The van der Waals surface area contributed by atoms with Crippen molar-refractivity contribution < 1.29 is 19.4 Å². The molecule has 0 aliphatic heterocycles. The maximum atomic E-state index is 12.7. The number of halogens is 2. The van der Waals surface area contributed by atoms with Crippen LogP contribution in [-0.2, 0) is 6.42 Å². The van der Waals surface area contributed by atoms with E-state index < -0.39 is 0 Å². The Morgan fingerprint density at radius 2 is 1.88 bits per heavy atom. The van der Waals surface area contributed by atoms with E-state index in [2.05, 4.69) is 11.9 Å². The fraction of sp³-hybridized carbons (Fsp3) is 0.368. The largest absolute Gasteiger partial charge is 0.504 e. The summed E-state index contributed by atoms with van der Waals surface area (Å²) in [5.74, 6) is -0.0392. The SMILES string of the molecule is CCCCCOc1c(OC)ccc(C(=O)Cc2c(Cl)cncc2Cl)c1O. The minimum Gasteiger partial charge on any atom is -0.504 e. The van der Waals surface area contributed by atoms with Gasteiger partial charge < -0.3 is 14.6 Å². The zero-order valence-corrected chi connectivity index (χ0v) is 16.2. The first-order chi connectivity index (χ1) is 12.5. The number of phenolic OH excluding ortho intramolecular Hbond substituents is 1. The molecule has 140 valence electrons. The maximum absolute atomic E-state index is 12.7. The number of pyridine rings is 1. The third-order valence-corrected chi connectivity index (χ3v) is 4.55. The minimum absolute atomic E-state index is 0.0602. The van der Waals surface area contributed by atoms with Gasteiger partial charge in [-0.2, -0.15) is 0 Å². The van der Waals surface area contributed by atoms with Crippen molar-refractivity contribution in [3.63, 3.8) is 0 Å². The van der Waals surface area contributed by atoms with Gasteiger partial charge in [0.25, 0.3) is 0 Å². The van der Waals surface area contributed by atoms with E-state index in [1.807, 2.05) is 0 Å². The number of Topliss-reactive ketones (excluding diaryl/α,β-unsaturated/α-hetero) is 1. The van der Waals surface area contributed by atoms with Crippen molar-refractivity contribution in [1.29, 1.82) is 0 Å². The number of ketones is 1. The predicted molar refractivity (Wildman–Crippen MR) is 102 cm³/mol. The number of rotatable bonds is 9. The summed E-state index contributed by atoms with van der Waals surface area (Å²) in [6, 6.07) is 3.09. The zero-order valence-electron chi connectivity index (χ0n) is 14.7. The Hall–Kier alpha value is -1.98. The Labute approximate surface area is 162 Å². The number of benzene rings is 1. The lowest BCUT2D eigenvalue weighted by atomic mass is 10.0. The second-order valence-corrected chi connectivity index (χ2v) is 6.54. The van der Waals surface area contributed by atoms with E-state index in [4.69, 9.17) is 32.7 Å². The van der Waals surface area contributed by atoms with Gasteiger partial charge in [0, 0.05) is 24.4 Å². The number of phenols is 1. The van der Waals surface area contributed by atoms with Gasteiger partial charge in [0.05, 0.1) is 29.3 Å². The van der Waals surface area contributed by atoms with Gasteiger partial charge in [0.1, 0.15) is 0 Å². The number of hydrogen-bond donors (Lipinski definition) is 1. The van der Waals surface area contributed by atoms with E-state index in [1.165, 1.54) is 25.6 Å². The topological polar surface area (TPSA) is 68.7 Å². The molecular weight excluding hydrogens is 377 g/mol. The van der Waals surface area contributed by atoms with Crippen LogP contribution in [0.4, 0.5) is 0 Å². The number of carbonyl (C=O) groups excluding carboxylic acids is 1. The first-order valence-electron chi connectivity index (χ1n) is 8.33. The van der Waals surface area contributed by atoms with Crippen LogP contribution in [0.5, 0.6) is 17.2 Å².